The summed E-state index contributed by atoms with van der Waals surface area (Å²) >= 11 is 3.44. The van der Waals surface area contributed by atoms with Crippen LogP contribution in [0.1, 0.15) is 45.9 Å². The molecule has 0 radical (unpaired) electrons. The zero-order valence-corrected chi connectivity index (χ0v) is 13.4. The third-order valence-corrected chi connectivity index (χ3v) is 4.02. The minimum atomic E-state index is -0.0669. The number of hydrogen-bond donors (Lipinski definition) is 2. The number of anilines is 1. The lowest BCUT2D eigenvalue weighted by Gasteiger charge is -2.19. The highest BCUT2D eigenvalue weighted by Gasteiger charge is 2.41. The molecule has 5 heteroatoms. The molecule has 0 amide bonds. The normalized spacial score (nSPS) is 17.3. The molecular formula is C14H22BrN3O. The van der Waals surface area contributed by atoms with Crippen molar-refractivity contribution < 1.29 is 5.11 Å². The highest BCUT2D eigenvalue weighted by molar-refractivity contribution is 9.10. The SMILES string of the molecule is CC(C)(C)c1nc(Br)cc(NCC2(CCO)CC2)n1. The first-order chi connectivity index (χ1) is 8.85. The minimum absolute atomic E-state index is 0.0669. The molecule has 19 heavy (non-hydrogen) atoms. The zero-order valence-electron chi connectivity index (χ0n) is 11.8. The summed E-state index contributed by atoms with van der Waals surface area (Å²) in [6.07, 6.45) is 3.26. The summed E-state index contributed by atoms with van der Waals surface area (Å²) < 4.78 is 0.807. The maximum Gasteiger partial charge on any atom is 0.137 e. The van der Waals surface area contributed by atoms with Crippen LogP contribution in [-0.2, 0) is 5.41 Å². The molecule has 1 fully saturated rings. The summed E-state index contributed by atoms with van der Waals surface area (Å²) in [7, 11) is 0. The Morgan fingerprint density at radius 2 is 2.05 bits per heavy atom. The lowest BCUT2D eigenvalue weighted by molar-refractivity contribution is 0.253. The number of nitrogens with one attached hydrogen (secondary N) is 1. The van der Waals surface area contributed by atoms with E-state index in [2.05, 4.69) is 52.0 Å². The van der Waals surface area contributed by atoms with E-state index in [4.69, 9.17) is 5.11 Å². The van der Waals surface area contributed by atoms with Gasteiger partial charge in [0.05, 0.1) is 0 Å². The van der Waals surface area contributed by atoms with E-state index >= 15 is 0 Å². The van der Waals surface area contributed by atoms with Gasteiger partial charge >= 0.3 is 0 Å². The summed E-state index contributed by atoms with van der Waals surface area (Å²) in [5, 5.41) is 12.5. The molecular weight excluding hydrogens is 306 g/mol. The van der Waals surface area contributed by atoms with Crippen LogP contribution in [0.5, 0.6) is 0 Å². The highest BCUT2D eigenvalue weighted by Crippen LogP contribution is 2.48. The largest absolute Gasteiger partial charge is 0.396 e. The van der Waals surface area contributed by atoms with E-state index in [-0.39, 0.29) is 17.4 Å². The molecule has 1 aromatic heterocycles. The van der Waals surface area contributed by atoms with Crippen molar-refractivity contribution in [1.82, 2.24) is 9.97 Å². The predicted octanol–water partition coefficient (Wildman–Crippen LogP) is 3.11. The van der Waals surface area contributed by atoms with Gasteiger partial charge in [0.1, 0.15) is 16.2 Å². The van der Waals surface area contributed by atoms with Crippen molar-refractivity contribution in [2.75, 3.05) is 18.5 Å². The van der Waals surface area contributed by atoms with Gasteiger partial charge in [0.15, 0.2) is 0 Å². The van der Waals surface area contributed by atoms with Crippen LogP contribution in [0.25, 0.3) is 0 Å². The molecule has 1 saturated carbocycles. The van der Waals surface area contributed by atoms with Crippen LogP contribution in [0.15, 0.2) is 10.7 Å². The maximum absolute atomic E-state index is 9.07. The van der Waals surface area contributed by atoms with Gasteiger partial charge in [-0.05, 0) is 40.6 Å². The zero-order chi connectivity index (χ0) is 14.1. The average Bonchev–Trinajstić information content (AvgIpc) is 3.06. The minimum Gasteiger partial charge on any atom is -0.396 e. The Labute approximate surface area is 123 Å². The van der Waals surface area contributed by atoms with Crippen LogP contribution in [0.3, 0.4) is 0 Å². The van der Waals surface area contributed by atoms with Crippen LogP contribution < -0.4 is 5.32 Å². The van der Waals surface area contributed by atoms with Crippen molar-refractivity contribution in [1.29, 1.82) is 0 Å². The second-order valence-corrected chi connectivity index (χ2v) is 7.29. The molecule has 1 aliphatic carbocycles. The van der Waals surface area contributed by atoms with Gasteiger partial charge < -0.3 is 10.4 Å². The standard InChI is InChI=1S/C14H22BrN3O/c1-13(2,3)12-17-10(15)8-11(18-12)16-9-14(4-5-14)6-7-19/h8,19H,4-7,9H2,1-3H3,(H,16,17,18). The molecule has 4 nitrogen and oxygen atoms in total. The smallest absolute Gasteiger partial charge is 0.137 e. The van der Waals surface area contributed by atoms with E-state index in [9.17, 15) is 0 Å². The summed E-state index contributed by atoms with van der Waals surface area (Å²) in [5.74, 6) is 1.69. The van der Waals surface area contributed by atoms with Crippen LogP contribution >= 0.6 is 15.9 Å². The Balaban J connectivity index is 2.06. The van der Waals surface area contributed by atoms with E-state index in [1.165, 1.54) is 12.8 Å². The van der Waals surface area contributed by atoms with Crippen LogP contribution in [0, 0.1) is 5.41 Å². The number of hydrogen-bond acceptors (Lipinski definition) is 4. The fraction of sp³-hybridized carbons (Fsp3) is 0.714. The van der Waals surface area contributed by atoms with Gasteiger partial charge in [-0.15, -0.1) is 0 Å². The first-order valence-corrected chi connectivity index (χ1v) is 7.54. The molecule has 1 heterocycles. The molecule has 0 saturated heterocycles. The molecule has 2 N–H and O–H groups in total. The Kier molecular flexibility index (Phi) is 4.16. The molecule has 1 aliphatic rings. The second-order valence-electron chi connectivity index (χ2n) is 6.48. The van der Waals surface area contributed by atoms with Crippen LogP contribution in [0.4, 0.5) is 5.82 Å². The fourth-order valence-corrected chi connectivity index (χ4v) is 2.44. The number of rotatable bonds is 5. The van der Waals surface area contributed by atoms with Crippen molar-refractivity contribution in [3.63, 3.8) is 0 Å². The highest BCUT2D eigenvalue weighted by atomic mass is 79.9. The molecule has 0 unspecified atom stereocenters. The number of aliphatic hydroxyl groups is 1. The topological polar surface area (TPSA) is 58.0 Å². The molecule has 0 atom stereocenters. The van der Waals surface area contributed by atoms with Gasteiger partial charge in [0.25, 0.3) is 0 Å². The van der Waals surface area contributed by atoms with E-state index in [0.29, 0.717) is 0 Å². The first kappa shape index (κ1) is 14.7. The molecule has 0 aromatic carbocycles. The van der Waals surface area contributed by atoms with Crippen LogP contribution in [0.2, 0.25) is 0 Å². The quantitative estimate of drug-likeness (QED) is 0.816. The summed E-state index contributed by atoms with van der Waals surface area (Å²) in [4.78, 5) is 9.01. The number of nitrogens with zero attached hydrogens (tertiary/aromatic N) is 2. The van der Waals surface area contributed by atoms with Gasteiger partial charge in [0.2, 0.25) is 0 Å². The monoisotopic (exact) mass is 327 g/mol. The van der Waals surface area contributed by atoms with E-state index in [1.807, 2.05) is 6.07 Å². The summed E-state index contributed by atoms with van der Waals surface area (Å²) in [5.41, 5.74) is 0.219. The molecule has 0 bridgehead atoms. The lowest BCUT2D eigenvalue weighted by Crippen LogP contribution is -2.20. The molecule has 106 valence electrons. The number of aliphatic hydroxyl groups excluding tert-OH is 1. The van der Waals surface area contributed by atoms with Crippen molar-refractivity contribution in [2.45, 2.75) is 45.4 Å². The van der Waals surface area contributed by atoms with E-state index < -0.39 is 0 Å². The third-order valence-electron chi connectivity index (χ3n) is 3.61. The Hall–Kier alpha value is -0.680. The Morgan fingerprint density at radius 3 is 2.58 bits per heavy atom. The van der Waals surface area contributed by atoms with Crippen molar-refractivity contribution in [3.05, 3.63) is 16.5 Å². The molecule has 2 rings (SSSR count). The van der Waals surface area contributed by atoms with Gasteiger partial charge in [-0.1, -0.05) is 20.8 Å². The number of aromatic nitrogens is 2. The first-order valence-electron chi connectivity index (χ1n) is 6.74. The summed E-state index contributed by atoms with van der Waals surface area (Å²) in [6, 6.07) is 1.91. The van der Waals surface area contributed by atoms with Crippen LogP contribution in [-0.4, -0.2) is 28.2 Å². The van der Waals surface area contributed by atoms with Crippen molar-refractivity contribution in [3.8, 4) is 0 Å². The molecule has 1 aromatic rings. The third kappa shape index (κ3) is 3.89. The van der Waals surface area contributed by atoms with Crippen molar-refractivity contribution >= 4 is 21.7 Å². The van der Waals surface area contributed by atoms with Crippen molar-refractivity contribution in [2.24, 2.45) is 5.41 Å². The Bertz CT molecular complexity index is 452. The van der Waals surface area contributed by atoms with Gasteiger partial charge in [-0.3, -0.25) is 0 Å². The summed E-state index contributed by atoms with van der Waals surface area (Å²) in [6.45, 7) is 7.45. The van der Waals surface area contributed by atoms with Gasteiger partial charge in [-0.25, -0.2) is 9.97 Å². The second kappa shape index (κ2) is 5.37. The van der Waals surface area contributed by atoms with Gasteiger partial charge in [0, 0.05) is 24.6 Å². The van der Waals surface area contributed by atoms with E-state index in [1.54, 1.807) is 0 Å². The fourth-order valence-electron chi connectivity index (χ4n) is 2.05. The number of halogens is 1. The lowest BCUT2D eigenvalue weighted by atomic mass is 9.96. The Morgan fingerprint density at radius 1 is 1.37 bits per heavy atom. The molecule has 0 aliphatic heterocycles. The molecule has 0 spiro atoms. The average molecular weight is 328 g/mol. The van der Waals surface area contributed by atoms with Gasteiger partial charge in [-0.2, -0.15) is 0 Å². The predicted molar refractivity (Wildman–Crippen MR) is 80.3 cm³/mol. The van der Waals surface area contributed by atoms with E-state index in [0.717, 1.165) is 29.2 Å². The maximum atomic E-state index is 9.07.